The molecule has 0 saturated carbocycles. The van der Waals surface area contributed by atoms with Crippen molar-refractivity contribution in [1.82, 2.24) is 4.90 Å². The van der Waals surface area contributed by atoms with Gasteiger partial charge in [0.25, 0.3) is 0 Å². The number of likely N-dealkylation sites (tertiary alicyclic amines) is 1. The Morgan fingerprint density at radius 3 is 2.96 bits per heavy atom. The van der Waals surface area contributed by atoms with E-state index in [1.165, 1.54) is 11.1 Å². The van der Waals surface area contributed by atoms with Gasteiger partial charge in [-0.25, -0.2) is 0 Å². The van der Waals surface area contributed by atoms with Gasteiger partial charge >= 0.3 is 0 Å². The fourth-order valence-corrected chi connectivity index (χ4v) is 4.63. The highest BCUT2D eigenvalue weighted by Gasteiger charge is 2.39. The van der Waals surface area contributed by atoms with Crippen molar-refractivity contribution >= 4 is 17.2 Å². The molecule has 4 heteroatoms. The minimum Gasteiger partial charge on any atom is -0.387 e. The number of hydrogen-bond donors (Lipinski definition) is 1. The number of carbonyl (C=O) groups is 1. The normalized spacial score (nSPS) is 24.1. The molecule has 1 aliphatic heterocycles. The minimum absolute atomic E-state index is 0.0330. The first-order valence-corrected chi connectivity index (χ1v) is 9.22. The summed E-state index contributed by atoms with van der Waals surface area (Å²) in [6.45, 7) is 0.833. The second-order valence-electron chi connectivity index (χ2n) is 6.55. The highest BCUT2D eigenvalue weighted by molar-refractivity contribution is 7.10. The van der Waals surface area contributed by atoms with Crippen LogP contribution in [0.15, 0.2) is 41.8 Å². The zero-order valence-electron chi connectivity index (χ0n) is 13.0. The van der Waals surface area contributed by atoms with Crippen LogP contribution in [-0.2, 0) is 11.2 Å². The molecule has 1 saturated heterocycles. The van der Waals surface area contributed by atoms with E-state index in [2.05, 4.69) is 12.1 Å². The van der Waals surface area contributed by atoms with Crippen LogP contribution in [0.4, 0.5) is 0 Å². The summed E-state index contributed by atoms with van der Waals surface area (Å²) in [5, 5.41) is 12.4. The van der Waals surface area contributed by atoms with E-state index in [0.29, 0.717) is 6.42 Å². The summed E-state index contributed by atoms with van der Waals surface area (Å²) < 4.78 is 0. The van der Waals surface area contributed by atoms with E-state index < -0.39 is 6.10 Å². The SMILES string of the molecule is O=C([C@@H]1Cc2ccccc21)N1CCC[C@@H]1C[C@H](O)c1cccs1. The van der Waals surface area contributed by atoms with Crippen molar-refractivity contribution < 1.29 is 9.90 Å². The molecule has 1 aliphatic carbocycles. The molecule has 1 amide bonds. The molecule has 120 valence electrons. The third-order valence-corrected chi connectivity index (χ3v) is 6.15. The maximum absolute atomic E-state index is 12.9. The van der Waals surface area contributed by atoms with Gasteiger partial charge in [0.15, 0.2) is 0 Å². The molecule has 4 rings (SSSR count). The second-order valence-corrected chi connectivity index (χ2v) is 7.53. The molecule has 0 radical (unpaired) electrons. The Morgan fingerprint density at radius 2 is 2.17 bits per heavy atom. The van der Waals surface area contributed by atoms with Crippen molar-refractivity contribution in [2.24, 2.45) is 0 Å². The number of carbonyl (C=O) groups excluding carboxylic acids is 1. The largest absolute Gasteiger partial charge is 0.387 e. The summed E-state index contributed by atoms with van der Waals surface area (Å²) in [6.07, 6.45) is 3.11. The lowest BCUT2D eigenvalue weighted by Crippen LogP contribution is -2.42. The molecule has 3 nitrogen and oxygen atoms in total. The highest BCUT2D eigenvalue weighted by atomic mass is 32.1. The zero-order chi connectivity index (χ0) is 15.8. The van der Waals surface area contributed by atoms with Crippen LogP contribution in [-0.4, -0.2) is 28.5 Å². The molecule has 0 spiro atoms. The smallest absolute Gasteiger partial charge is 0.230 e. The number of benzene rings is 1. The standard InChI is InChI=1S/C19H21NO2S/c21-17(18-8-4-10-23-18)12-14-6-3-9-20(14)19(22)16-11-13-5-1-2-7-15(13)16/h1-2,4-5,7-8,10,14,16-17,21H,3,6,9,11-12H2/t14-,16-,17+/m1/s1. The van der Waals surface area contributed by atoms with Gasteiger partial charge in [0.2, 0.25) is 5.91 Å². The first-order chi connectivity index (χ1) is 11.2. The number of thiophene rings is 1. The molecule has 2 aromatic rings. The van der Waals surface area contributed by atoms with Crippen LogP contribution in [0, 0.1) is 0 Å². The molecule has 1 aromatic heterocycles. The van der Waals surface area contributed by atoms with Crippen molar-refractivity contribution in [2.75, 3.05) is 6.54 Å². The molecule has 2 heterocycles. The average molecular weight is 327 g/mol. The predicted molar refractivity (Wildman–Crippen MR) is 91.5 cm³/mol. The molecule has 1 N–H and O–H groups in total. The van der Waals surface area contributed by atoms with E-state index in [0.717, 1.165) is 30.7 Å². The van der Waals surface area contributed by atoms with Crippen LogP contribution in [0.1, 0.15) is 47.3 Å². The van der Waals surface area contributed by atoms with Gasteiger partial charge in [-0.2, -0.15) is 0 Å². The maximum atomic E-state index is 12.9. The van der Waals surface area contributed by atoms with Gasteiger partial charge in [0.05, 0.1) is 12.0 Å². The predicted octanol–water partition coefficient (Wildman–Crippen LogP) is 3.50. The first kappa shape index (κ1) is 14.9. The number of aliphatic hydroxyl groups is 1. The molecule has 2 aliphatic rings. The Bertz CT molecular complexity index is 697. The summed E-state index contributed by atoms with van der Waals surface area (Å²) in [5.74, 6) is 0.287. The summed E-state index contributed by atoms with van der Waals surface area (Å²) in [4.78, 5) is 15.9. The Morgan fingerprint density at radius 1 is 1.30 bits per heavy atom. The molecule has 0 bridgehead atoms. The van der Waals surface area contributed by atoms with Crippen LogP contribution < -0.4 is 0 Å². The molecule has 3 atom stereocenters. The van der Waals surface area contributed by atoms with Crippen molar-refractivity contribution in [3.63, 3.8) is 0 Å². The van der Waals surface area contributed by atoms with E-state index in [4.69, 9.17) is 0 Å². The van der Waals surface area contributed by atoms with Crippen LogP contribution in [0.2, 0.25) is 0 Å². The fourth-order valence-electron chi connectivity index (χ4n) is 3.90. The number of hydrogen-bond acceptors (Lipinski definition) is 3. The molecule has 1 fully saturated rings. The fraction of sp³-hybridized carbons (Fsp3) is 0.421. The Kier molecular flexibility index (Phi) is 3.95. The van der Waals surface area contributed by atoms with Crippen molar-refractivity contribution in [1.29, 1.82) is 0 Å². The highest BCUT2D eigenvalue weighted by Crippen LogP contribution is 2.38. The van der Waals surface area contributed by atoms with Crippen molar-refractivity contribution in [3.8, 4) is 0 Å². The summed E-state index contributed by atoms with van der Waals surface area (Å²) >= 11 is 1.58. The third-order valence-electron chi connectivity index (χ3n) is 5.18. The van der Waals surface area contributed by atoms with Crippen LogP contribution in [0.25, 0.3) is 0 Å². The van der Waals surface area contributed by atoms with E-state index >= 15 is 0 Å². The quantitative estimate of drug-likeness (QED) is 0.933. The van der Waals surface area contributed by atoms with Gasteiger partial charge in [0, 0.05) is 17.5 Å². The molecular weight excluding hydrogens is 306 g/mol. The Labute approximate surface area is 140 Å². The first-order valence-electron chi connectivity index (χ1n) is 8.34. The van der Waals surface area contributed by atoms with E-state index in [9.17, 15) is 9.90 Å². The van der Waals surface area contributed by atoms with Gasteiger partial charge in [-0.05, 0) is 48.3 Å². The van der Waals surface area contributed by atoms with Gasteiger partial charge in [-0.15, -0.1) is 11.3 Å². The van der Waals surface area contributed by atoms with Crippen LogP contribution in [0.3, 0.4) is 0 Å². The van der Waals surface area contributed by atoms with Crippen molar-refractivity contribution in [2.45, 2.75) is 43.7 Å². The monoisotopic (exact) mass is 327 g/mol. The number of amides is 1. The van der Waals surface area contributed by atoms with E-state index in [-0.39, 0.29) is 17.9 Å². The maximum Gasteiger partial charge on any atom is 0.230 e. The number of aliphatic hydroxyl groups excluding tert-OH is 1. The molecule has 1 aromatic carbocycles. The third kappa shape index (κ3) is 2.70. The topological polar surface area (TPSA) is 40.5 Å². The second kappa shape index (κ2) is 6.10. The Balaban J connectivity index is 1.45. The summed E-state index contributed by atoms with van der Waals surface area (Å²) in [6, 6.07) is 12.3. The van der Waals surface area contributed by atoms with Gasteiger partial charge in [-0.3, -0.25) is 4.79 Å². The molecule has 23 heavy (non-hydrogen) atoms. The van der Waals surface area contributed by atoms with Gasteiger partial charge in [-0.1, -0.05) is 30.3 Å². The average Bonchev–Trinajstić information content (AvgIpc) is 3.19. The number of rotatable bonds is 4. The minimum atomic E-state index is -0.456. The van der Waals surface area contributed by atoms with E-state index in [1.54, 1.807) is 11.3 Å². The van der Waals surface area contributed by atoms with Crippen LogP contribution in [0.5, 0.6) is 0 Å². The molecular formula is C19H21NO2S. The number of fused-ring (bicyclic) bond motifs is 1. The molecule has 0 unspecified atom stereocenters. The van der Waals surface area contributed by atoms with Gasteiger partial charge in [0.1, 0.15) is 0 Å². The lowest BCUT2D eigenvalue weighted by molar-refractivity contribution is -0.134. The van der Waals surface area contributed by atoms with Crippen molar-refractivity contribution in [3.05, 3.63) is 57.8 Å². The Hall–Kier alpha value is -1.65. The van der Waals surface area contributed by atoms with Gasteiger partial charge < -0.3 is 10.0 Å². The number of nitrogens with zero attached hydrogens (tertiary/aromatic N) is 1. The lowest BCUT2D eigenvalue weighted by atomic mass is 9.76. The zero-order valence-corrected chi connectivity index (χ0v) is 13.8. The van der Waals surface area contributed by atoms with Crippen LogP contribution >= 0.6 is 11.3 Å². The van der Waals surface area contributed by atoms with E-state index in [1.807, 2.05) is 34.5 Å². The lowest BCUT2D eigenvalue weighted by Gasteiger charge is -2.35. The summed E-state index contributed by atoms with van der Waals surface area (Å²) in [5.41, 5.74) is 2.50. The summed E-state index contributed by atoms with van der Waals surface area (Å²) in [7, 11) is 0.